The van der Waals surface area contributed by atoms with Gasteiger partial charge < -0.3 is 5.11 Å². The van der Waals surface area contributed by atoms with Crippen molar-refractivity contribution in [1.29, 1.82) is 5.26 Å². The van der Waals surface area contributed by atoms with E-state index in [0.717, 1.165) is 0 Å². The van der Waals surface area contributed by atoms with Crippen molar-refractivity contribution in [3.63, 3.8) is 0 Å². The lowest BCUT2D eigenvalue weighted by Gasteiger charge is -2.08. The molecule has 1 aromatic heterocycles. The summed E-state index contributed by atoms with van der Waals surface area (Å²) in [5, 5.41) is 20.6. The van der Waals surface area contributed by atoms with E-state index in [0.29, 0.717) is 11.1 Å². The summed E-state index contributed by atoms with van der Waals surface area (Å²) in [6, 6.07) is 16.6. The Balaban J connectivity index is 1.94. The number of nitrogens with one attached hydrogen (secondary N) is 2. The van der Waals surface area contributed by atoms with Crippen molar-refractivity contribution in [2.24, 2.45) is 0 Å². The van der Waals surface area contributed by atoms with Crippen LogP contribution in [0.1, 0.15) is 21.5 Å². The van der Waals surface area contributed by atoms with E-state index < -0.39 is 17.4 Å². The normalized spacial score (nSPS) is 10.1. The van der Waals surface area contributed by atoms with Crippen molar-refractivity contribution in [1.82, 2.24) is 9.97 Å². The average Bonchev–Trinajstić information content (AvgIpc) is 2.68. The standard InChI is InChI=1S/C20H14N4O4/c21-11-15-17(13-6-2-1-3-7-13)22-20(24-19(15)28)23-18(27)14-8-4-5-12(9-14)10-16(25)26/h1-9H,10H2,(H,25,26)(H2,22,23,24,27,28). The number of aromatic nitrogens is 2. The van der Waals surface area contributed by atoms with Gasteiger partial charge in [0.25, 0.3) is 11.5 Å². The maximum Gasteiger partial charge on any atom is 0.307 e. The summed E-state index contributed by atoms with van der Waals surface area (Å²) in [6.07, 6.45) is -0.217. The van der Waals surface area contributed by atoms with Crippen molar-refractivity contribution >= 4 is 17.8 Å². The van der Waals surface area contributed by atoms with Crippen LogP contribution in [0.5, 0.6) is 0 Å². The number of carboxylic acids is 1. The number of carbonyl (C=O) groups excluding carboxylic acids is 1. The number of amides is 1. The number of benzene rings is 2. The number of anilines is 1. The Morgan fingerprint density at radius 3 is 2.57 bits per heavy atom. The smallest absolute Gasteiger partial charge is 0.307 e. The molecule has 2 aromatic carbocycles. The van der Waals surface area contributed by atoms with Crippen LogP contribution in [0.4, 0.5) is 5.95 Å². The van der Waals surface area contributed by atoms with Gasteiger partial charge in [-0.25, -0.2) is 4.98 Å². The lowest BCUT2D eigenvalue weighted by molar-refractivity contribution is -0.136. The van der Waals surface area contributed by atoms with Crippen LogP contribution in [0.25, 0.3) is 11.3 Å². The number of nitrogens with zero attached hydrogens (tertiary/aromatic N) is 2. The second-order valence-electron chi connectivity index (χ2n) is 5.84. The number of hydrogen-bond donors (Lipinski definition) is 3. The number of carbonyl (C=O) groups is 2. The van der Waals surface area contributed by atoms with Crippen LogP contribution >= 0.6 is 0 Å². The molecular formula is C20H14N4O4. The Kier molecular flexibility index (Phi) is 5.28. The van der Waals surface area contributed by atoms with Gasteiger partial charge in [0.1, 0.15) is 11.6 Å². The first kappa shape index (κ1) is 18.5. The lowest BCUT2D eigenvalue weighted by Crippen LogP contribution is -2.21. The number of carboxylic acid groups (broad SMARTS) is 1. The second kappa shape index (κ2) is 7.97. The summed E-state index contributed by atoms with van der Waals surface area (Å²) < 4.78 is 0. The molecule has 28 heavy (non-hydrogen) atoms. The average molecular weight is 374 g/mol. The second-order valence-corrected chi connectivity index (χ2v) is 5.84. The molecule has 8 heteroatoms. The molecule has 8 nitrogen and oxygen atoms in total. The first-order chi connectivity index (χ1) is 13.5. The maximum absolute atomic E-state index is 12.5. The van der Waals surface area contributed by atoms with E-state index in [2.05, 4.69) is 15.3 Å². The molecule has 0 unspecified atom stereocenters. The molecular weight excluding hydrogens is 360 g/mol. The minimum atomic E-state index is -1.01. The van der Waals surface area contributed by atoms with Crippen LogP contribution < -0.4 is 10.9 Å². The van der Waals surface area contributed by atoms with Crippen molar-refractivity contribution in [3.05, 3.63) is 81.6 Å². The number of hydrogen-bond acceptors (Lipinski definition) is 5. The van der Waals surface area contributed by atoms with Gasteiger partial charge >= 0.3 is 5.97 Å². The van der Waals surface area contributed by atoms with E-state index in [1.54, 1.807) is 42.5 Å². The first-order valence-corrected chi connectivity index (χ1v) is 8.20. The molecule has 0 spiro atoms. The van der Waals surface area contributed by atoms with E-state index in [9.17, 15) is 19.6 Å². The minimum Gasteiger partial charge on any atom is -0.481 e. The largest absolute Gasteiger partial charge is 0.481 e. The highest BCUT2D eigenvalue weighted by molar-refractivity contribution is 6.03. The van der Waals surface area contributed by atoms with Gasteiger partial charge in [-0.05, 0) is 17.7 Å². The van der Waals surface area contributed by atoms with Gasteiger partial charge in [0.05, 0.1) is 12.1 Å². The highest BCUT2D eigenvalue weighted by Gasteiger charge is 2.15. The molecule has 138 valence electrons. The fourth-order valence-electron chi connectivity index (χ4n) is 2.62. The summed E-state index contributed by atoms with van der Waals surface area (Å²) in [7, 11) is 0. The van der Waals surface area contributed by atoms with Crippen LogP contribution in [0.2, 0.25) is 0 Å². The third-order valence-corrected chi connectivity index (χ3v) is 3.85. The molecule has 1 amide bonds. The molecule has 0 atom stereocenters. The van der Waals surface area contributed by atoms with E-state index in [4.69, 9.17) is 5.11 Å². The van der Waals surface area contributed by atoms with Crippen molar-refractivity contribution in [2.45, 2.75) is 6.42 Å². The predicted molar refractivity (Wildman–Crippen MR) is 101 cm³/mol. The number of H-pyrrole nitrogens is 1. The van der Waals surface area contributed by atoms with Gasteiger partial charge in [-0.3, -0.25) is 24.7 Å². The van der Waals surface area contributed by atoms with Crippen molar-refractivity contribution in [3.8, 4) is 17.3 Å². The minimum absolute atomic E-state index is 0.114. The van der Waals surface area contributed by atoms with E-state index >= 15 is 0 Å². The molecule has 0 aliphatic heterocycles. The zero-order chi connectivity index (χ0) is 20.1. The molecule has 0 aliphatic rings. The quantitative estimate of drug-likeness (QED) is 0.626. The SMILES string of the molecule is N#Cc1c(-c2ccccc2)nc(NC(=O)c2cccc(CC(=O)O)c2)[nH]c1=O. The predicted octanol–water partition coefficient (Wildman–Crippen LogP) is 2.19. The molecule has 0 bridgehead atoms. The van der Waals surface area contributed by atoms with Gasteiger partial charge in [-0.15, -0.1) is 0 Å². The molecule has 0 saturated carbocycles. The zero-order valence-electron chi connectivity index (χ0n) is 14.5. The third kappa shape index (κ3) is 4.11. The van der Waals surface area contributed by atoms with E-state index in [-0.39, 0.29) is 29.2 Å². The zero-order valence-corrected chi connectivity index (χ0v) is 14.5. The van der Waals surface area contributed by atoms with Crippen LogP contribution in [-0.4, -0.2) is 27.0 Å². The molecule has 0 radical (unpaired) electrons. The first-order valence-electron chi connectivity index (χ1n) is 8.20. The van der Waals surface area contributed by atoms with Gasteiger partial charge in [-0.1, -0.05) is 42.5 Å². The van der Waals surface area contributed by atoms with Gasteiger partial charge in [0, 0.05) is 11.1 Å². The van der Waals surface area contributed by atoms with E-state index in [1.807, 2.05) is 6.07 Å². The summed E-state index contributed by atoms with van der Waals surface area (Å²) >= 11 is 0. The summed E-state index contributed by atoms with van der Waals surface area (Å²) in [6.45, 7) is 0. The number of aliphatic carboxylic acids is 1. The molecule has 3 rings (SSSR count). The van der Waals surface area contributed by atoms with Crippen molar-refractivity contribution in [2.75, 3.05) is 5.32 Å². The number of rotatable bonds is 5. The van der Waals surface area contributed by atoms with Crippen LogP contribution in [0.3, 0.4) is 0 Å². The Bertz CT molecular complexity index is 1150. The summed E-state index contributed by atoms with van der Waals surface area (Å²) in [5.74, 6) is -1.70. The topological polar surface area (TPSA) is 136 Å². The molecule has 3 aromatic rings. The highest BCUT2D eigenvalue weighted by atomic mass is 16.4. The van der Waals surface area contributed by atoms with Crippen LogP contribution in [-0.2, 0) is 11.2 Å². The van der Waals surface area contributed by atoms with Gasteiger partial charge in [0.15, 0.2) is 0 Å². The Morgan fingerprint density at radius 2 is 1.89 bits per heavy atom. The Hall–Kier alpha value is -4.25. The van der Waals surface area contributed by atoms with Crippen molar-refractivity contribution < 1.29 is 14.7 Å². The highest BCUT2D eigenvalue weighted by Crippen LogP contribution is 2.19. The number of nitriles is 1. The van der Waals surface area contributed by atoms with Crippen LogP contribution in [0.15, 0.2) is 59.4 Å². The molecule has 0 saturated heterocycles. The maximum atomic E-state index is 12.5. The Labute approximate surface area is 159 Å². The fourth-order valence-corrected chi connectivity index (χ4v) is 2.62. The third-order valence-electron chi connectivity index (χ3n) is 3.85. The lowest BCUT2D eigenvalue weighted by atomic mass is 10.1. The van der Waals surface area contributed by atoms with Crippen LogP contribution in [0, 0.1) is 11.3 Å². The monoisotopic (exact) mass is 374 g/mol. The van der Waals surface area contributed by atoms with E-state index in [1.165, 1.54) is 12.1 Å². The summed E-state index contributed by atoms with van der Waals surface area (Å²) in [5.41, 5.74) is 0.559. The fraction of sp³-hybridized carbons (Fsp3) is 0.0500. The summed E-state index contributed by atoms with van der Waals surface area (Å²) in [4.78, 5) is 42.1. The molecule has 0 fully saturated rings. The molecule has 1 heterocycles. The van der Waals surface area contributed by atoms with Gasteiger partial charge in [0.2, 0.25) is 5.95 Å². The molecule has 3 N–H and O–H groups in total. The molecule has 0 aliphatic carbocycles. The van der Waals surface area contributed by atoms with Gasteiger partial charge in [-0.2, -0.15) is 5.26 Å². The number of aromatic amines is 1. The Morgan fingerprint density at radius 1 is 1.14 bits per heavy atom.